The molecule has 0 N–H and O–H groups in total. The summed E-state index contributed by atoms with van der Waals surface area (Å²) >= 11 is 0. The van der Waals surface area contributed by atoms with E-state index in [1.54, 1.807) is 0 Å². The van der Waals surface area contributed by atoms with Gasteiger partial charge in [0.2, 0.25) is 5.78 Å². The standard InChI is InChI=1S/C35H34O5/c36-33-22-35(39-25-30-17-9-3-10-18-30,40-26-31-19-11-4-12-20-31)21-32(27-37-23-28-13-5-1-6-14-28)34(33)38-24-29-15-7-2-8-16-29/h1-20H,21-27H2. The van der Waals surface area contributed by atoms with Crippen LogP contribution in [0.1, 0.15) is 35.1 Å². The van der Waals surface area contributed by atoms with Gasteiger partial charge in [-0.3, -0.25) is 4.79 Å². The minimum atomic E-state index is -1.15. The van der Waals surface area contributed by atoms with E-state index in [4.69, 9.17) is 18.9 Å². The van der Waals surface area contributed by atoms with Crippen molar-refractivity contribution in [2.75, 3.05) is 6.61 Å². The van der Waals surface area contributed by atoms with E-state index in [2.05, 4.69) is 0 Å². The zero-order valence-corrected chi connectivity index (χ0v) is 22.5. The number of ether oxygens (including phenoxy) is 4. The molecule has 5 rings (SSSR count). The minimum absolute atomic E-state index is 0.0545. The molecule has 0 spiro atoms. The molecule has 0 heterocycles. The van der Waals surface area contributed by atoms with Crippen LogP contribution < -0.4 is 0 Å². The van der Waals surface area contributed by atoms with Crippen molar-refractivity contribution in [2.45, 2.75) is 45.1 Å². The lowest BCUT2D eigenvalue weighted by Crippen LogP contribution is -2.43. The van der Waals surface area contributed by atoms with Crippen molar-refractivity contribution in [3.63, 3.8) is 0 Å². The second kappa shape index (κ2) is 13.9. The van der Waals surface area contributed by atoms with Gasteiger partial charge in [0, 0.05) is 12.0 Å². The molecule has 5 nitrogen and oxygen atoms in total. The summed E-state index contributed by atoms with van der Waals surface area (Å²) in [5.41, 5.74) is 4.81. The summed E-state index contributed by atoms with van der Waals surface area (Å²) in [5, 5.41) is 0. The highest BCUT2D eigenvalue weighted by atomic mass is 16.7. The van der Waals surface area contributed by atoms with Gasteiger partial charge in [0.05, 0.1) is 32.8 Å². The van der Waals surface area contributed by atoms with Gasteiger partial charge in [0.15, 0.2) is 11.5 Å². The SMILES string of the molecule is O=C1CC(OCc2ccccc2)(OCc2ccccc2)CC(COCc2ccccc2)=C1OCc1ccccc1. The summed E-state index contributed by atoms with van der Waals surface area (Å²) in [6, 6.07) is 39.7. The van der Waals surface area contributed by atoms with Gasteiger partial charge in [0.25, 0.3) is 0 Å². The average Bonchev–Trinajstić information content (AvgIpc) is 3.01. The molecule has 0 bridgehead atoms. The number of Topliss-reactive ketones (excluding diaryl/α,β-unsaturated/α-hetero) is 1. The molecule has 0 fully saturated rings. The molecule has 5 heteroatoms. The number of ketones is 1. The first-order chi connectivity index (χ1) is 19.7. The van der Waals surface area contributed by atoms with Crippen LogP contribution in [-0.2, 0) is 50.2 Å². The average molecular weight is 535 g/mol. The number of benzene rings is 4. The maximum atomic E-state index is 13.7. The summed E-state index contributed by atoms with van der Waals surface area (Å²) in [6.07, 6.45) is 0.413. The van der Waals surface area contributed by atoms with E-state index >= 15 is 0 Å². The number of rotatable bonds is 13. The Morgan fingerprint density at radius 2 is 0.925 bits per heavy atom. The lowest BCUT2D eigenvalue weighted by atomic mass is 9.90. The third-order valence-electron chi connectivity index (χ3n) is 6.79. The molecule has 0 radical (unpaired) electrons. The number of allylic oxidation sites excluding steroid dienone is 1. The Morgan fingerprint density at radius 3 is 1.40 bits per heavy atom. The van der Waals surface area contributed by atoms with E-state index in [-0.39, 0.29) is 18.8 Å². The van der Waals surface area contributed by atoms with Gasteiger partial charge in [0.1, 0.15) is 6.61 Å². The van der Waals surface area contributed by atoms with Crippen LogP contribution >= 0.6 is 0 Å². The molecule has 0 aromatic heterocycles. The van der Waals surface area contributed by atoms with Gasteiger partial charge < -0.3 is 18.9 Å². The monoisotopic (exact) mass is 534 g/mol. The maximum Gasteiger partial charge on any atom is 0.202 e. The van der Waals surface area contributed by atoms with Crippen LogP contribution in [0.15, 0.2) is 133 Å². The number of carbonyl (C=O) groups excluding carboxylic acids is 1. The molecule has 0 saturated carbocycles. The first-order valence-corrected chi connectivity index (χ1v) is 13.6. The van der Waals surface area contributed by atoms with Crippen LogP contribution in [0.3, 0.4) is 0 Å². The van der Waals surface area contributed by atoms with Crippen LogP contribution in [-0.4, -0.2) is 18.2 Å². The van der Waals surface area contributed by atoms with Crippen molar-refractivity contribution in [2.24, 2.45) is 0 Å². The molecule has 0 amide bonds. The van der Waals surface area contributed by atoms with E-state index < -0.39 is 5.79 Å². The molecule has 40 heavy (non-hydrogen) atoms. The summed E-state index contributed by atoms with van der Waals surface area (Å²) < 4.78 is 25.2. The summed E-state index contributed by atoms with van der Waals surface area (Å²) in [5.74, 6) is -0.950. The van der Waals surface area contributed by atoms with Crippen molar-refractivity contribution >= 4 is 5.78 Å². The van der Waals surface area contributed by atoms with Gasteiger partial charge in [-0.15, -0.1) is 0 Å². The van der Waals surface area contributed by atoms with Crippen molar-refractivity contribution < 1.29 is 23.7 Å². The van der Waals surface area contributed by atoms with E-state index in [1.807, 2.05) is 121 Å². The Morgan fingerprint density at radius 1 is 0.500 bits per heavy atom. The fourth-order valence-corrected chi connectivity index (χ4v) is 4.71. The summed E-state index contributed by atoms with van der Waals surface area (Å²) in [4.78, 5) is 13.7. The normalized spacial score (nSPS) is 14.8. The Hall–Kier alpha value is -4.03. The second-order valence-electron chi connectivity index (χ2n) is 9.92. The molecule has 0 aliphatic heterocycles. The number of carbonyl (C=O) groups is 1. The zero-order chi connectivity index (χ0) is 27.5. The highest BCUT2D eigenvalue weighted by Gasteiger charge is 2.43. The molecule has 0 atom stereocenters. The van der Waals surface area contributed by atoms with E-state index in [0.717, 1.165) is 27.8 Å². The van der Waals surface area contributed by atoms with Crippen LogP contribution in [0, 0.1) is 0 Å². The highest BCUT2D eigenvalue weighted by molar-refractivity contribution is 5.96. The zero-order valence-electron chi connectivity index (χ0n) is 22.5. The second-order valence-corrected chi connectivity index (χ2v) is 9.92. The quantitative estimate of drug-likeness (QED) is 0.170. The Balaban J connectivity index is 1.39. The van der Waals surface area contributed by atoms with Gasteiger partial charge in [-0.2, -0.15) is 0 Å². The van der Waals surface area contributed by atoms with E-state index in [0.29, 0.717) is 38.6 Å². The van der Waals surface area contributed by atoms with Crippen LogP contribution in [0.4, 0.5) is 0 Å². The molecule has 0 unspecified atom stereocenters. The fourth-order valence-electron chi connectivity index (χ4n) is 4.71. The predicted octanol–water partition coefficient (Wildman–Crippen LogP) is 7.17. The van der Waals surface area contributed by atoms with Crippen molar-refractivity contribution in [1.82, 2.24) is 0 Å². The molecule has 4 aromatic carbocycles. The van der Waals surface area contributed by atoms with Gasteiger partial charge in [-0.05, 0) is 22.3 Å². The van der Waals surface area contributed by atoms with Gasteiger partial charge in [-0.25, -0.2) is 0 Å². The first kappa shape index (κ1) is 27.5. The predicted molar refractivity (Wildman–Crippen MR) is 154 cm³/mol. The largest absolute Gasteiger partial charge is 0.485 e. The van der Waals surface area contributed by atoms with Crippen molar-refractivity contribution in [3.05, 3.63) is 155 Å². The lowest BCUT2D eigenvalue weighted by molar-refractivity contribution is -0.253. The molecule has 1 aliphatic rings. The Labute approximate surface area is 236 Å². The first-order valence-electron chi connectivity index (χ1n) is 13.6. The molecule has 204 valence electrons. The van der Waals surface area contributed by atoms with E-state index in [9.17, 15) is 4.79 Å². The summed E-state index contributed by atoms with van der Waals surface area (Å²) in [6.45, 7) is 1.60. The smallest absolute Gasteiger partial charge is 0.202 e. The molecule has 0 saturated heterocycles. The van der Waals surface area contributed by atoms with Crippen molar-refractivity contribution in [3.8, 4) is 0 Å². The van der Waals surface area contributed by atoms with Crippen LogP contribution in [0.25, 0.3) is 0 Å². The third-order valence-corrected chi connectivity index (χ3v) is 6.79. The Kier molecular flexibility index (Phi) is 9.54. The van der Waals surface area contributed by atoms with Crippen LogP contribution in [0.2, 0.25) is 0 Å². The Bertz CT molecular complexity index is 1330. The van der Waals surface area contributed by atoms with Crippen LogP contribution in [0.5, 0.6) is 0 Å². The number of hydrogen-bond acceptors (Lipinski definition) is 5. The third kappa shape index (κ3) is 7.76. The minimum Gasteiger partial charge on any atom is -0.485 e. The van der Waals surface area contributed by atoms with E-state index in [1.165, 1.54) is 0 Å². The number of hydrogen-bond donors (Lipinski definition) is 0. The summed E-state index contributed by atoms with van der Waals surface area (Å²) in [7, 11) is 0. The maximum absolute atomic E-state index is 13.7. The molecular weight excluding hydrogens is 500 g/mol. The molecular formula is C35H34O5. The topological polar surface area (TPSA) is 54.0 Å². The molecule has 1 aliphatic carbocycles. The highest BCUT2D eigenvalue weighted by Crippen LogP contribution is 2.37. The van der Waals surface area contributed by atoms with Gasteiger partial charge in [-0.1, -0.05) is 121 Å². The van der Waals surface area contributed by atoms with Gasteiger partial charge >= 0.3 is 0 Å². The van der Waals surface area contributed by atoms with Crippen molar-refractivity contribution in [1.29, 1.82) is 0 Å². The fraction of sp³-hybridized carbons (Fsp3) is 0.229. The molecule has 4 aromatic rings. The lowest BCUT2D eigenvalue weighted by Gasteiger charge is -2.38.